The molecule has 1 nitrogen and oxygen atoms in total. The molecule has 0 radical (unpaired) electrons. The van der Waals surface area contributed by atoms with Crippen LogP contribution in [0.25, 0.3) is 22.0 Å². The highest BCUT2D eigenvalue weighted by atomic mass is 28.3. The summed E-state index contributed by atoms with van der Waals surface area (Å²) in [6.07, 6.45) is 2.40. The van der Waals surface area contributed by atoms with Crippen molar-refractivity contribution in [2.45, 2.75) is 46.3 Å². The number of hydrogen-bond donors (Lipinski definition) is 0. The molecule has 0 saturated carbocycles. The Bertz CT molecular complexity index is 933. The summed E-state index contributed by atoms with van der Waals surface area (Å²) in [7, 11) is 0.815. The summed E-state index contributed by atoms with van der Waals surface area (Å²) in [6.45, 7) is 14.2. The fourth-order valence-corrected chi connectivity index (χ4v) is 5.55. The second-order valence-corrected chi connectivity index (χ2v) is 13.6. The standard InChI is InChI=1S/C23H30NSi/c1-16(2)20-14-21(24(4)15-22(20)25(5,6)7)23-17(3)12-13-18-10-8-9-11-19(18)23/h8-16H,1-7H3/q+1. The second kappa shape index (κ2) is 6.42. The van der Waals surface area contributed by atoms with Crippen LogP contribution in [0, 0.1) is 6.92 Å². The van der Waals surface area contributed by atoms with E-state index in [4.69, 9.17) is 0 Å². The Morgan fingerprint density at radius 1 is 0.960 bits per heavy atom. The van der Waals surface area contributed by atoms with Crippen LogP contribution in [0.4, 0.5) is 0 Å². The van der Waals surface area contributed by atoms with Gasteiger partial charge < -0.3 is 0 Å². The van der Waals surface area contributed by atoms with Gasteiger partial charge in [0.25, 0.3) is 0 Å². The molecule has 0 atom stereocenters. The number of hydrogen-bond acceptors (Lipinski definition) is 0. The predicted molar refractivity (Wildman–Crippen MR) is 112 cm³/mol. The number of aromatic nitrogens is 1. The first-order chi connectivity index (χ1) is 11.7. The zero-order valence-electron chi connectivity index (χ0n) is 16.6. The van der Waals surface area contributed by atoms with Crippen LogP contribution in [-0.4, -0.2) is 8.07 Å². The summed E-state index contributed by atoms with van der Waals surface area (Å²) in [6, 6.07) is 15.7. The van der Waals surface area contributed by atoms with Crippen LogP contribution in [-0.2, 0) is 7.05 Å². The van der Waals surface area contributed by atoms with Gasteiger partial charge in [0.15, 0.2) is 6.20 Å². The predicted octanol–water partition coefficient (Wildman–Crippen LogP) is 5.31. The maximum Gasteiger partial charge on any atom is 0.213 e. The summed E-state index contributed by atoms with van der Waals surface area (Å²) >= 11 is 0. The molecule has 0 bridgehead atoms. The molecule has 25 heavy (non-hydrogen) atoms. The first kappa shape index (κ1) is 17.9. The molecule has 0 amide bonds. The molecule has 2 heteroatoms. The van der Waals surface area contributed by atoms with Gasteiger partial charge in [0, 0.05) is 11.3 Å². The van der Waals surface area contributed by atoms with Gasteiger partial charge in [-0.25, -0.2) is 4.57 Å². The van der Waals surface area contributed by atoms with E-state index in [-0.39, 0.29) is 0 Å². The van der Waals surface area contributed by atoms with Crippen LogP contribution >= 0.6 is 0 Å². The van der Waals surface area contributed by atoms with Crippen LogP contribution in [0.1, 0.15) is 30.9 Å². The molecule has 130 valence electrons. The monoisotopic (exact) mass is 348 g/mol. The lowest BCUT2D eigenvalue weighted by Gasteiger charge is -2.22. The molecule has 1 aromatic heterocycles. The van der Waals surface area contributed by atoms with E-state index in [9.17, 15) is 0 Å². The Balaban J connectivity index is 2.36. The van der Waals surface area contributed by atoms with Gasteiger partial charge in [-0.2, -0.15) is 0 Å². The van der Waals surface area contributed by atoms with E-state index >= 15 is 0 Å². The van der Waals surface area contributed by atoms with E-state index in [1.807, 2.05) is 0 Å². The minimum Gasteiger partial charge on any atom is -0.201 e. The molecule has 0 aliphatic heterocycles. The number of rotatable bonds is 3. The van der Waals surface area contributed by atoms with E-state index < -0.39 is 8.07 Å². The third-order valence-electron chi connectivity index (χ3n) is 5.13. The minimum absolute atomic E-state index is 0.539. The molecular weight excluding hydrogens is 318 g/mol. The van der Waals surface area contributed by atoms with Crippen molar-refractivity contribution in [3.63, 3.8) is 0 Å². The second-order valence-electron chi connectivity index (χ2n) is 8.52. The quantitative estimate of drug-likeness (QED) is 0.446. The highest BCUT2D eigenvalue weighted by Gasteiger charge is 2.27. The highest BCUT2D eigenvalue weighted by Crippen LogP contribution is 2.31. The number of pyridine rings is 1. The molecule has 0 aliphatic rings. The molecule has 0 unspecified atom stereocenters. The molecule has 3 aromatic rings. The topological polar surface area (TPSA) is 3.88 Å². The van der Waals surface area contributed by atoms with Crippen molar-refractivity contribution in [3.05, 3.63) is 59.8 Å². The Kier molecular flexibility index (Phi) is 4.59. The van der Waals surface area contributed by atoms with Crippen molar-refractivity contribution >= 4 is 24.0 Å². The van der Waals surface area contributed by atoms with Crippen LogP contribution in [0.15, 0.2) is 48.7 Å². The molecule has 3 rings (SSSR count). The first-order valence-corrected chi connectivity index (χ1v) is 12.7. The van der Waals surface area contributed by atoms with Gasteiger partial charge in [-0.1, -0.05) is 69.9 Å². The molecule has 2 aromatic carbocycles. The average molecular weight is 349 g/mol. The normalized spacial score (nSPS) is 12.2. The average Bonchev–Trinajstić information content (AvgIpc) is 2.54. The highest BCUT2D eigenvalue weighted by molar-refractivity contribution is 6.89. The molecule has 1 heterocycles. The zero-order chi connectivity index (χ0) is 18.4. The van der Waals surface area contributed by atoms with Crippen LogP contribution in [0.3, 0.4) is 0 Å². The smallest absolute Gasteiger partial charge is 0.201 e. The van der Waals surface area contributed by atoms with Gasteiger partial charge >= 0.3 is 0 Å². The lowest BCUT2D eigenvalue weighted by molar-refractivity contribution is -0.659. The van der Waals surface area contributed by atoms with E-state index in [0.717, 1.165) is 0 Å². The number of aryl methyl sites for hydroxylation is 2. The van der Waals surface area contributed by atoms with Gasteiger partial charge in [0.2, 0.25) is 5.69 Å². The summed E-state index contributed by atoms with van der Waals surface area (Å²) in [5.74, 6) is 0.539. The van der Waals surface area contributed by atoms with Crippen molar-refractivity contribution in [1.29, 1.82) is 0 Å². The lowest BCUT2D eigenvalue weighted by atomic mass is 9.94. The maximum absolute atomic E-state index is 2.45. The zero-order valence-corrected chi connectivity index (χ0v) is 17.6. The summed E-state index contributed by atoms with van der Waals surface area (Å²) < 4.78 is 2.34. The van der Waals surface area contributed by atoms with Crippen molar-refractivity contribution in [1.82, 2.24) is 0 Å². The molecule has 0 fully saturated rings. The van der Waals surface area contributed by atoms with Crippen molar-refractivity contribution in [3.8, 4) is 11.3 Å². The third kappa shape index (κ3) is 3.28. The van der Waals surface area contributed by atoms with Crippen molar-refractivity contribution in [2.24, 2.45) is 7.05 Å². The van der Waals surface area contributed by atoms with Crippen molar-refractivity contribution < 1.29 is 4.57 Å². The third-order valence-corrected chi connectivity index (χ3v) is 7.16. The Morgan fingerprint density at radius 3 is 2.28 bits per heavy atom. The molecule has 0 aliphatic carbocycles. The first-order valence-electron chi connectivity index (χ1n) is 9.23. The Labute approximate surface area is 153 Å². The fraction of sp³-hybridized carbons (Fsp3) is 0.348. The van der Waals surface area contributed by atoms with E-state index in [1.165, 1.54) is 33.2 Å². The maximum atomic E-state index is 2.45. The summed E-state index contributed by atoms with van der Waals surface area (Å²) in [5, 5.41) is 4.23. The number of benzene rings is 2. The van der Waals surface area contributed by atoms with Crippen molar-refractivity contribution in [2.75, 3.05) is 0 Å². The Morgan fingerprint density at radius 2 is 1.64 bits per heavy atom. The van der Waals surface area contributed by atoms with Crippen LogP contribution in [0.5, 0.6) is 0 Å². The van der Waals surface area contributed by atoms with E-state index in [1.54, 1.807) is 5.19 Å². The van der Waals surface area contributed by atoms with Gasteiger partial charge in [-0.15, -0.1) is 0 Å². The number of nitrogens with zero attached hydrogens (tertiary/aromatic N) is 1. The molecule has 0 spiro atoms. The fourth-order valence-electron chi connectivity index (χ4n) is 3.74. The van der Waals surface area contributed by atoms with E-state index in [0.29, 0.717) is 5.92 Å². The Hall–Kier alpha value is -1.93. The summed E-state index contributed by atoms with van der Waals surface area (Å²) in [5.41, 5.74) is 5.54. The molecule has 0 N–H and O–H groups in total. The molecule has 0 saturated heterocycles. The lowest BCUT2D eigenvalue weighted by Crippen LogP contribution is -2.47. The molecular formula is C23H30NSi+. The largest absolute Gasteiger partial charge is 0.213 e. The van der Waals surface area contributed by atoms with Crippen LogP contribution in [0.2, 0.25) is 19.6 Å². The van der Waals surface area contributed by atoms with Gasteiger partial charge in [0.1, 0.15) is 7.05 Å². The van der Waals surface area contributed by atoms with Crippen LogP contribution < -0.4 is 9.75 Å². The van der Waals surface area contributed by atoms with Gasteiger partial charge in [0.05, 0.1) is 13.6 Å². The van der Waals surface area contributed by atoms with Gasteiger partial charge in [-0.3, -0.25) is 0 Å². The number of fused-ring (bicyclic) bond motifs is 1. The van der Waals surface area contributed by atoms with E-state index in [2.05, 4.69) is 101 Å². The SMILES string of the molecule is Cc1ccc2ccccc2c1-c1cc(C(C)C)c([Si](C)(C)C)c[n+]1C. The minimum atomic E-state index is -1.38. The summed E-state index contributed by atoms with van der Waals surface area (Å²) in [4.78, 5) is 0. The van der Waals surface area contributed by atoms with Gasteiger partial charge in [-0.05, 0) is 34.7 Å².